The fourth-order valence-corrected chi connectivity index (χ4v) is 3.21. The lowest BCUT2D eigenvalue weighted by atomic mass is 10.1. The molecule has 0 unspecified atom stereocenters. The van der Waals surface area contributed by atoms with Crippen molar-refractivity contribution in [1.29, 1.82) is 0 Å². The second-order valence-electron chi connectivity index (χ2n) is 4.85. The molecule has 0 radical (unpaired) electrons. The third kappa shape index (κ3) is 3.51. The first-order chi connectivity index (χ1) is 9.37. The highest BCUT2D eigenvalue weighted by Crippen LogP contribution is 2.20. The van der Waals surface area contributed by atoms with Crippen molar-refractivity contribution in [1.82, 2.24) is 0 Å². The summed E-state index contributed by atoms with van der Waals surface area (Å²) in [6.07, 6.45) is 0. The molecular weight excluding hydrogens is 272 g/mol. The maximum atomic E-state index is 12.2. The highest BCUT2D eigenvalue weighted by Gasteiger charge is 2.13. The first-order valence-corrected chi connectivity index (χ1v) is 7.94. The Morgan fingerprint density at radius 1 is 1.10 bits per heavy atom. The Morgan fingerprint density at radius 2 is 1.80 bits per heavy atom. The fraction of sp³-hybridized carbons (Fsp3) is 0.200. The van der Waals surface area contributed by atoms with Crippen LogP contribution < -0.4 is 10.5 Å². The van der Waals surface area contributed by atoms with Gasteiger partial charge >= 0.3 is 0 Å². The van der Waals surface area contributed by atoms with Crippen molar-refractivity contribution in [3.8, 4) is 0 Å². The van der Waals surface area contributed by atoms with Gasteiger partial charge in [0.15, 0.2) is 0 Å². The van der Waals surface area contributed by atoms with Gasteiger partial charge in [-0.15, -0.1) is 0 Å². The van der Waals surface area contributed by atoms with Gasteiger partial charge in [-0.3, -0.25) is 4.72 Å². The molecule has 0 amide bonds. The monoisotopic (exact) mass is 290 g/mol. The number of nitrogens with one attached hydrogen (secondary N) is 1. The van der Waals surface area contributed by atoms with Crippen LogP contribution >= 0.6 is 0 Å². The predicted octanol–water partition coefficient (Wildman–Crippen LogP) is 2.83. The minimum absolute atomic E-state index is 0.0918. The van der Waals surface area contributed by atoms with Crippen molar-refractivity contribution < 1.29 is 8.42 Å². The van der Waals surface area contributed by atoms with E-state index in [9.17, 15) is 8.42 Å². The highest BCUT2D eigenvalue weighted by atomic mass is 32.2. The summed E-state index contributed by atoms with van der Waals surface area (Å²) in [5.74, 6) is -0.0918. The molecule has 2 aromatic carbocycles. The maximum absolute atomic E-state index is 12.2. The van der Waals surface area contributed by atoms with Crippen molar-refractivity contribution in [2.75, 3.05) is 10.5 Å². The normalized spacial score (nSPS) is 11.3. The van der Waals surface area contributed by atoms with E-state index >= 15 is 0 Å². The molecule has 3 N–H and O–H groups in total. The van der Waals surface area contributed by atoms with Gasteiger partial charge < -0.3 is 5.73 Å². The summed E-state index contributed by atoms with van der Waals surface area (Å²) < 4.78 is 27.0. The Bertz CT molecular complexity index is 724. The summed E-state index contributed by atoms with van der Waals surface area (Å²) in [4.78, 5) is 0. The number of nitrogens with two attached hydrogens (primary N) is 1. The molecule has 0 spiro atoms. The van der Waals surface area contributed by atoms with Crippen LogP contribution in [0.15, 0.2) is 42.5 Å². The van der Waals surface area contributed by atoms with Crippen LogP contribution in [0.3, 0.4) is 0 Å². The number of hydrogen-bond donors (Lipinski definition) is 2. The Hall–Kier alpha value is -2.01. The van der Waals surface area contributed by atoms with Crippen molar-refractivity contribution in [2.24, 2.45) is 0 Å². The van der Waals surface area contributed by atoms with Gasteiger partial charge in [-0.2, -0.15) is 0 Å². The summed E-state index contributed by atoms with van der Waals surface area (Å²) in [5.41, 5.74) is 9.49. The van der Waals surface area contributed by atoms with E-state index in [1.807, 2.05) is 26.0 Å². The standard InChI is InChI=1S/C15H18N2O2S/c1-11-5-3-8-15(12(11)2)17-20(18,19)10-13-6-4-7-14(16)9-13/h3-9,17H,10,16H2,1-2H3. The second-order valence-corrected chi connectivity index (χ2v) is 6.58. The molecule has 0 saturated heterocycles. The van der Waals surface area contributed by atoms with Gasteiger partial charge in [0.25, 0.3) is 0 Å². The van der Waals surface area contributed by atoms with Crippen LogP contribution in [-0.2, 0) is 15.8 Å². The fourth-order valence-electron chi connectivity index (χ4n) is 1.97. The number of aryl methyl sites for hydroxylation is 1. The number of sulfonamides is 1. The highest BCUT2D eigenvalue weighted by molar-refractivity contribution is 7.91. The van der Waals surface area contributed by atoms with Crippen LogP contribution in [-0.4, -0.2) is 8.42 Å². The zero-order valence-corrected chi connectivity index (χ0v) is 12.4. The summed E-state index contributed by atoms with van der Waals surface area (Å²) in [5, 5.41) is 0. The van der Waals surface area contributed by atoms with Crippen LogP contribution in [0.4, 0.5) is 11.4 Å². The van der Waals surface area contributed by atoms with E-state index in [1.54, 1.807) is 30.3 Å². The molecule has 0 atom stereocenters. The van der Waals surface area contributed by atoms with Crippen molar-refractivity contribution in [2.45, 2.75) is 19.6 Å². The molecule has 106 valence electrons. The summed E-state index contributed by atoms with van der Waals surface area (Å²) in [6, 6.07) is 12.4. The molecule has 2 aromatic rings. The third-order valence-electron chi connectivity index (χ3n) is 3.18. The smallest absolute Gasteiger partial charge is 0.236 e. The van der Waals surface area contributed by atoms with E-state index in [2.05, 4.69) is 4.72 Å². The quantitative estimate of drug-likeness (QED) is 0.850. The van der Waals surface area contributed by atoms with Crippen molar-refractivity contribution in [3.05, 3.63) is 59.2 Å². The maximum Gasteiger partial charge on any atom is 0.236 e. The molecule has 20 heavy (non-hydrogen) atoms. The van der Waals surface area contributed by atoms with Gasteiger partial charge in [-0.05, 0) is 48.7 Å². The SMILES string of the molecule is Cc1cccc(NS(=O)(=O)Cc2cccc(N)c2)c1C. The summed E-state index contributed by atoms with van der Waals surface area (Å²) >= 11 is 0. The first-order valence-electron chi connectivity index (χ1n) is 6.28. The number of benzene rings is 2. The average molecular weight is 290 g/mol. The van der Waals surface area contributed by atoms with Crippen molar-refractivity contribution in [3.63, 3.8) is 0 Å². The number of rotatable bonds is 4. The van der Waals surface area contributed by atoms with E-state index in [0.717, 1.165) is 11.1 Å². The molecule has 0 aromatic heterocycles. The van der Waals surface area contributed by atoms with Crippen LogP contribution in [0.25, 0.3) is 0 Å². The van der Waals surface area contributed by atoms with Gasteiger partial charge in [0.05, 0.1) is 11.4 Å². The molecule has 0 bridgehead atoms. The van der Waals surface area contributed by atoms with Gasteiger partial charge in [-0.1, -0.05) is 24.3 Å². The molecule has 0 aliphatic carbocycles. The minimum atomic E-state index is -3.45. The van der Waals surface area contributed by atoms with E-state index in [0.29, 0.717) is 16.9 Å². The van der Waals surface area contributed by atoms with E-state index < -0.39 is 10.0 Å². The first kappa shape index (κ1) is 14.4. The Morgan fingerprint density at radius 3 is 2.50 bits per heavy atom. The number of nitrogen functional groups attached to an aromatic ring is 1. The molecule has 4 nitrogen and oxygen atoms in total. The molecule has 5 heteroatoms. The van der Waals surface area contributed by atoms with Crippen molar-refractivity contribution >= 4 is 21.4 Å². The van der Waals surface area contributed by atoms with E-state index in [-0.39, 0.29) is 5.75 Å². The van der Waals surface area contributed by atoms with Gasteiger partial charge in [0, 0.05) is 5.69 Å². The van der Waals surface area contributed by atoms with Crippen LogP contribution in [0, 0.1) is 13.8 Å². The lowest BCUT2D eigenvalue weighted by molar-refractivity contribution is 0.600. The second kappa shape index (κ2) is 5.54. The topological polar surface area (TPSA) is 72.2 Å². The van der Waals surface area contributed by atoms with Crippen LogP contribution in [0.1, 0.15) is 16.7 Å². The Labute approximate surface area is 119 Å². The third-order valence-corrected chi connectivity index (χ3v) is 4.42. The Kier molecular flexibility index (Phi) is 3.99. The molecule has 0 fully saturated rings. The number of hydrogen-bond acceptors (Lipinski definition) is 3. The molecule has 0 heterocycles. The lowest BCUT2D eigenvalue weighted by Crippen LogP contribution is -2.16. The molecule has 0 aliphatic rings. The predicted molar refractivity (Wildman–Crippen MR) is 83.0 cm³/mol. The van der Waals surface area contributed by atoms with Gasteiger partial charge in [0.2, 0.25) is 10.0 Å². The molecule has 0 aliphatic heterocycles. The van der Waals surface area contributed by atoms with Gasteiger partial charge in [-0.25, -0.2) is 8.42 Å². The zero-order chi connectivity index (χ0) is 14.8. The van der Waals surface area contributed by atoms with E-state index in [1.165, 1.54) is 0 Å². The molecular formula is C15H18N2O2S. The number of anilines is 2. The summed E-state index contributed by atoms with van der Waals surface area (Å²) in [6.45, 7) is 3.85. The van der Waals surface area contributed by atoms with Gasteiger partial charge in [0.1, 0.15) is 0 Å². The van der Waals surface area contributed by atoms with Crippen LogP contribution in [0.5, 0.6) is 0 Å². The lowest BCUT2D eigenvalue weighted by Gasteiger charge is -2.12. The Balaban J connectivity index is 2.21. The average Bonchev–Trinajstić information content (AvgIpc) is 2.34. The summed E-state index contributed by atoms with van der Waals surface area (Å²) in [7, 11) is -3.45. The minimum Gasteiger partial charge on any atom is -0.399 e. The van der Waals surface area contributed by atoms with E-state index in [4.69, 9.17) is 5.73 Å². The largest absolute Gasteiger partial charge is 0.399 e. The van der Waals surface area contributed by atoms with Crippen LogP contribution in [0.2, 0.25) is 0 Å². The molecule has 0 saturated carbocycles. The zero-order valence-electron chi connectivity index (χ0n) is 11.6. The molecule has 2 rings (SSSR count).